The lowest BCUT2D eigenvalue weighted by atomic mass is 10.0. The summed E-state index contributed by atoms with van der Waals surface area (Å²) < 4.78 is 13.2. The molecule has 0 N–H and O–H groups in total. The molecule has 1 fully saturated rings. The van der Waals surface area contributed by atoms with Gasteiger partial charge in [0, 0.05) is 30.7 Å². The summed E-state index contributed by atoms with van der Waals surface area (Å²) in [6, 6.07) is 9.88. The predicted octanol–water partition coefficient (Wildman–Crippen LogP) is 3.49. The van der Waals surface area contributed by atoms with Crippen molar-refractivity contribution in [2.75, 3.05) is 13.1 Å². The number of likely N-dealkylation sites (tertiary alicyclic amines) is 1. The maximum atomic E-state index is 13.2. The molecule has 0 saturated carbocycles. The van der Waals surface area contributed by atoms with Gasteiger partial charge in [0.25, 0.3) is 0 Å². The number of piperidine rings is 1. The Balaban J connectivity index is 1.93. The van der Waals surface area contributed by atoms with Crippen LogP contribution in [0.2, 0.25) is 0 Å². The lowest BCUT2D eigenvalue weighted by Crippen LogP contribution is -2.55. The number of rotatable bonds is 3. The molecule has 2 unspecified atom stereocenters. The van der Waals surface area contributed by atoms with Crippen molar-refractivity contribution in [3.05, 3.63) is 54.6 Å². The van der Waals surface area contributed by atoms with Crippen molar-refractivity contribution in [1.29, 1.82) is 0 Å². The van der Waals surface area contributed by atoms with Gasteiger partial charge in [-0.25, -0.2) is 0 Å². The maximum Gasteiger partial charge on any atom is 0.207 e. The molecule has 1 aromatic rings. The Labute approximate surface area is 124 Å². The Kier molecular flexibility index (Phi) is 4.29. The van der Waals surface area contributed by atoms with E-state index < -0.39 is 11.2 Å². The van der Waals surface area contributed by atoms with Crippen molar-refractivity contribution in [3.63, 3.8) is 0 Å². The highest BCUT2D eigenvalue weighted by Gasteiger charge is 2.46. The van der Waals surface area contributed by atoms with Crippen molar-refractivity contribution in [3.8, 4) is 0 Å². The first-order valence-corrected chi connectivity index (χ1v) is 8.54. The molecule has 1 aliphatic heterocycles. The minimum atomic E-state index is -1.04. The van der Waals surface area contributed by atoms with E-state index in [9.17, 15) is 4.55 Å². The molecule has 3 rings (SSSR count). The molecular weight excluding hydrogens is 266 g/mol. The fraction of sp³-hybridized carbons (Fsp3) is 0.412. The Bertz CT molecular complexity index is 493. The Morgan fingerprint density at radius 2 is 1.75 bits per heavy atom. The second-order valence-electron chi connectivity index (χ2n) is 5.47. The third kappa shape index (κ3) is 2.58. The summed E-state index contributed by atoms with van der Waals surface area (Å²) in [4.78, 5) is 3.01. The van der Waals surface area contributed by atoms with Gasteiger partial charge >= 0.3 is 0 Å². The lowest BCUT2D eigenvalue weighted by molar-refractivity contribution is 0.161. The number of allylic oxidation sites excluding steroid dienone is 2. The second kappa shape index (κ2) is 6.17. The van der Waals surface area contributed by atoms with Crippen LogP contribution in [0.4, 0.5) is 0 Å². The third-order valence-corrected chi connectivity index (χ3v) is 6.09. The molecule has 1 saturated heterocycles. The first-order valence-electron chi connectivity index (χ1n) is 7.39. The maximum absolute atomic E-state index is 13.2. The third-order valence-electron chi connectivity index (χ3n) is 4.18. The quantitative estimate of drug-likeness (QED) is 0.795. The highest BCUT2D eigenvalue weighted by Crippen LogP contribution is 2.37. The van der Waals surface area contributed by atoms with Crippen molar-refractivity contribution in [1.82, 2.24) is 4.90 Å². The van der Waals surface area contributed by atoms with Crippen molar-refractivity contribution >= 4 is 11.2 Å². The molecule has 2 atom stereocenters. The molecule has 1 aliphatic carbocycles. The van der Waals surface area contributed by atoms with E-state index in [1.807, 2.05) is 30.3 Å². The van der Waals surface area contributed by atoms with Gasteiger partial charge < -0.3 is 4.55 Å². The molecule has 3 heteroatoms. The standard InChI is InChI=1S/C17H21NOS/c19-20(16-10-4-1-5-11-16)17(12-6-2-7-13-17)18-14-8-3-9-15-18/h1-2,4-7,10-12H,3,8-9,13-15H2. The molecular formula is C17H21NOS. The second-order valence-corrected chi connectivity index (χ2v) is 7.18. The van der Waals surface area contributed by atoms with Crippen molar-refractivity contribution in [2.45, 2.75) is 35.4 Å². The molecule has 106 valence electrons. The van der Waals surface area contributed by atoms with E-state index >= 15 is 0 Å². The van der Waals surface area contributed by atoms with Gasteiger partial charge in [-0.3, -0.25) is 4.90 Å². The minimum Gasteiger partial charge on any atom is -0.610 e. The monoisotopic (exact) mass is 287 g/mol. The molecule has 2 aliphatic rings. The van der Waals surface area contributed by atoms with Gasteiger partial charge in [0.2, 0.25) is 4.87 Å². The van der Waals surface area contributed by atoms with Gasteiger partial charge in [-0.05, 0) is 31.1 Å². The highest BCUT2D eigenvalue weighted by atomic mass is 32.2. The summed E-state index contributed by atoms with van der Waals surface area (Å²) in [6.45, 7) is 2.10. The zero-order valence-electron chi connectivity index (χ0n) is 11.7. The molecule has 0 aromatic heterocycles. The molecule has 1 heterocycles. The summed E-state index contributed by atoms with van der Waals surface area (Å²) in [5, 5.41) is 0. The smallest absolute Gasteiger partial charge is 0.207 e. The molecule has 0 spiro atoms. The van der Waals surface area contributed by atoms with Crippen molar-refractivity contribution in [2.24, 2.45) is 0 Å². The van der Waals surface area contributed by atoms with Gasteiger partial charge in [-0.15, -0.1) is 0 Å². The summed E-state index contributed by atoms with van der Waals surface area (Å²) in [6.07, 6.45) is 13.0. The van der Waals surface area contributed by atoms with Crippen LogP contribution in [0.3, 0.4) is 0 Å². The van der Waals surface area contributed by atoms with E-state index in [-0.39, 0.29) is 4.87 Å². The van der Waals surface area contributed by atoms with E-state index in [0.717, 1.165) is 24.4 Å². The minimum absolute atomic E-state index is 0.351. The van der Waals surface area contributed by atoms with E-state index in [1.165, 1.54) is 19.3 Å². The lowest BCUT2D eigenvalue weighted by Gasteiger charge is -2.43. The summed E-state index contributed by atoms with van der Waals surface area (Å²) in [5.41, 5.74) is 0. The van der Waals surface area contributed by atoms with Crippen LogP contribution < -0.4 is 0 Å². The van der Waals surface area contributed by atoms with Gasteiger partial charge in [0.15, 0.2) is 4.90 Å². The van der Waals surface area contributed by atoms with E-state index in [4.69, 9.17) is 0 Å². The molecule has 1 aromatic carbocycles. The van der Waals surface area contributed by atoms with Crippen LogP contribution in [0.1, 0.15) is 25.7 Å². The van der Waals surface area contributed by atoms with Crippen LogP contribution in [0, 0.1) is 0 Å². The Morgan fingerprint density at radius 3 is 2.40 bits per heavy atom. The molecule has 2 nitrogen and oxygen atoms in total. The van der Waals surface area contributed by atoms with E-state index in [0.29, 0.717) is 0 Å². The van der Waals surface area contributed by atoms with E-state index in [2.05, 4.69) is 29.2 Å². The van der Waals surface area contributed by atoms with Crippen LogP contribution in [0.15, 0.2) is 59.5 Å². The normalized spacial score (nSPS) is 28.4. The first-order chi connectivity index (χ1) is 9.83. The van der Waals surface area contributed by atoms with Gasteiger partial charge in [0.05, 0.1) is 0 Å². The molecule has 0 bridgehead atoms. The zero-order valence-corrected chi connectivity index (χ0v) is 12.5. The Hall–Kier alpha value is -1.03. The zero-order chi connectivity index (χ0) is 13.8. The highest BCUT2D eigenvalue weighted by molar-refractivity contribution is 7.93. The number of hydrogen-bond donors (Lipinski definition) is 0. The predicted molar refractivity (Wildman–Crippen MR) is 83.9 cm³/mol. The number of hydrogen-bond acceptors (Lipinski definition) is 2. The fourth-order valence-corrected chi connectivity index (χ4v) is 4.78. The van der Waals surface area contributed by atoms with Crippen LogP contribution in [0.5, 0.6) is 0 Å². The van der Waals surface area contributed by atoms with Crippen LogP contribution in [-0.4, -0.2) is 27.4 Å². The van der Waals surface area contributed by atoms with Crippen LogP contribution in [0.25, 0.3) is 0 Å². The van der Waals surface area contributed by atoms with Gasteiger partial charge in [-0.1, -0.05) is 42.8 Å². The summed E-state index contributed by atoms with van der Waals surface area (Å²) >= 11 is -1.04. The van der Waals surface area contributed by atoms with Crippen LogP contribution >= 0.6 is 0 Å². The average Bonchev–Trinajstić information content (AvgIpc) is 2.56. The summed E-state index contributed by atoms with van der Waals surface area (Å²) in [5.74, 6) is 0. The average molecular weight is 287 g/mol. The SMILES string of the molecule is [O-][S+](c1ccccc1)C1(N2CCCCC2)C=CC=CC1. The number of nitrogens with zero attached hydrogens (tertiary/aromatic N) is 1. The fourth-order valence-electron chi connectivity index (χ4n) is 3.10. The topological polar surface area (TPSA) is 26.3 Å². The van der Waals surface area contributed by atoms with Crippen molar-refractivity contribution < 1.29 is 4.55 Å². The van der Waals surface area contributed by atoms with E-state index in [1.54, 1.807) is 0 Å². The number of benzene rings is 1. The van der Waals surface area contributed by atoms with Crippen LogP contribution in [-0.2, 0) is 11.2 Å². The largest absolute Gasteiger partial charge is 0.610 e. The molecule has 20 heavy (non-hydrogen) atoms. The van der Waals surface area contributed by atoms with Gasteiger partial charge in [0.1, 0.15) is 0 Å². The molecule has 0 amide bonds. The molecule has 0 radical (unpaired) electrons. The first kappa shape index (κ1) is 13.9. The summed E-state index contributed by atoms with van der Waals surface area (Å²) in [7, 11) is 0. The van der Waals surface area contributed by atoms with Gasteiger partial charge in [-0.2, -0.15) is 0 Å². The Morgan fingerprint density at radius 1 is 1.00 bits per heavy atom.